The summed E-state index contributed by atoms with van der Waals surface area (Å²) in [6.45, 7) is 0.705. The van der Waals surface area contributed by atoms with Gasteiger partial charge >= 0.3 is 0 Å². The number of rotatable bonds is 6. The number of halogens is 1. The average molecular weight is 336 g/mol. The minimum Gasteiger partial charge on any atom is -0.330 e. The largest absolute Gasteiger partial charge is 0.330 e. The second-order valence-electron chi connectivity index (χ2n) is 4.43. The van der Waals surface area contributed by atoms with Crippen molar-refractivity contribution < 1.29 is 0 Å². The summed E-state index contributed by atoms with van der Waals surface area (Å²) in [6, 6.07) is 19.0. The zero-order chi connectivity index (χ0) is 13.5. The maximum atomic E-state index is 5.90. The van der Waals surface area contributed by atoms with Gasteiger partial charge in [0.05, 0.1) is 0 Å². The molecule has 0 saturated carbocycles. The van der Waals surface area contributed by atoms with Crippen LogP contribution in [0.5, 0.6) is 0 Å². The fourth-order valence-electron chi connectivity index (χ4n) is 1.99. The number of nitrogens with two attached hydrogens (primary N) is 1. The van der Waals surface area contributed by atoms with Gasteiger partial charge in [0.15, 0.2) is 0 Å². The van der Waals surface area contributed by atoms with E-state index < -0.39 is 0 Å². The summed E-state index contributed by atoms with van der Waals surface area (Å²) < 4.78 is 1.12. The molecule has 0 aromatic heterocycles. The molecule has 0 radical (unpaired) electrons. The highest BCUT2D eigenvalue weighted by Crippen LogP contribution is 2.25. The molecule has 1 atom stereocenters. The first-order valence-electron chi connectivity index (χ1n) is 6.43. The van der Waals surface area contributed by atoms with Crippen LogP contribution in [0.1, 0.15) is 17.9 Å². The van der Waals surface area contributed by atoms with Crippen LogP contribution in [0.4, 0.5) is 0 Å². The Labute approximate surface area is 127 Å². The van der Waals surface area contributed by atoms with Crippen molar-refractivity contribution in [2.45, 2.75) is 17.2 Å². The molecular formula is C16H18BrNS. The minimum absolute atomic E-state index is 0.448. The Morgan fingerprint density at radius 3 is 2.32 bits per heavy atom. The van der Waals surface area contributed by atoms with E-state index in [1.807, 2.05) is 11.8 Å². The zero-order valence-electron chi connectivity index (χ0n) is 10.8. The molecule has 0 heterocycles. The average Bonchev–Trinajstić information content (AvgIpc) is 2.46. The molecule has 19 heavy (non-hydrogen) atoms. The van der Waals surface area contributed by atoms with Gasteiger partial charge in [-0.05, 0) is 54.5 Å². The van der Waals surface area contributed by atoms with Crippen LogP contribution in [0.3, 0.4) is 0 Å². The van der Waals surface area contributed by atoms with E-state index >= 15 is 0 Å². The maximum absolute atomic E-state index is 5.90. The van der Waals surface area contributed by atoms with Gasteiger partial charge in [-0.1, -0.05) is 46.3 Å². The minimum atomic E-state index is 0.448. The lowest BCUT2D eigenvalue weighted by Crippen LogP contribution is -2.13. The molecule has 2 aromatic carbocycles. The molecular weight excluding hydrogens is 318 g/mol. The molecule has 0 aliphatic rings. The molecule has 0 aliphatic heterocycles. The summed E-state index contributed by atoms with van der Waals surface area (Å²) in [5.41, 5.74) is 7.23. The predicted molar refractivity (Wildman–Crippen MR) is 87.7 cm³/mol. The van der Waals surface area contributed by atoms with Crippen LogP contribution in [-0.4, -0.2) is 12.3 Å². The molecule has 2 N–H and O–H groups in total. The van der Waals surface area contributed by atoms with Crippen molar-refractivity contribution in [3.05, 3.63) is 64.6 Å². The Hall–Kier alpha value is -0.770. The Bertz CT molecular complexity index is 484. The number of thioether (sulfide) groups is 1. The molecule has 2 rings (SSSR count). The molecule has 0 aliphatic carbocycles. The van der Waals surface area contributed by atoms with Gasteiger partial charge in [-0.25, -0.2) is 0 Å². The monoisotopic (exact) mass is 335 g/mol. The van der Waals surface area contributed by atoms with Crippen molar-refractivity contribution in [1.29, 1.82) is 0 Å². The second-order valence-corrected chi connectivity index (χ2v) is 6.52. The van der Waals surface area contributed by atoms with Crippen LogP contribution in [0.2, 0.25) is 0 Å². The summed E-state index contributed by atoms with van der Waals surface area (Å²) in [7, 11) is 0. The Morgan fingerprint density at radius 1 is 1.00 bits per heavy atom. The van der Waals surface area contributed by atoms with E-state index in [0.29, 0.717) is 12.5 Å². The van der Waals surface area contributed by atoms with Crippen LogP contribution in [0, 0.1) is 0 Å². The van der Waals surface area contributed by atoms with Crippen LogP contribution < -0.4 is 5.73 Å². The van der Waals surface area contributed by atoms with Crippen molar-refractivity contribution >= 4 is 27.7 Å². The van der Waals surface area contributed by atoms with Crippen molar-refractivity contribution in [2.75, 3.05) is 12.3 Å². The molecule has 0 saturated heterocycles. The van der Waals surface area contributed by atoms with E-state index in [1.165, 1.54) is 10.5 Å². The van der Waals surface area contributed by atoms with Gasteiger partial charge in [-0.2, -0.15) is 0 Å². The molecule has 100 valence electrons. The standard InChI is InChI=1S/C16H18BrNS/c17-15-8-6-13(7-9-15)14(12-18)10-11-19-16-4-2-1-3-5-16/h1-9,14H,10-12,18H2. The summed E-state index contributed by atoms with van der Waals surface area (Å²) in [5.74, 6) is 1.55. The van der Waals surface area contributed by atoms with Crippen molar-refractivity contribution in [2.24, 2.45) is 5.73 Å². The smallest absolute Gasteiger partial charge is 0.0175 e. The molecule has 0 fully saturated rings. The van der Waals surface area contributed by atoms with E-state index in [4.69, 9.17) is 5.73 Å². The number of hydrogen-bond donors (Lipinski definition) is 1. The quantitative estimate of drug-likeness (QED) is 0.776. The van der Waals surface area contributed by atoms with Gasteiger partial charge in [0.25, 0.3) is 0 Å². The molecule has 1 nitrogen and oxygen atoms in total. The normalized spacial score (nSPS) is 12.3. The summed E-state index contributed by atoms with van der Waals surface area (Å²) in [5, 5.41) is 0. The predicted octanol–water partition coefficient (Wildman–Crippen LogP) is 4.67. The third-order valence-corrected chi connectivity index (χ3v) is 4.68. The highest BCUT2D eigenvalue weighted by Gasteiger charge is 2.09. The van der Waals surface area contributed by atoms with E-state index in [0.717, 1.165) is 16.6 Å². The van der Waals surface area contributed by atoms with Gasteiger partial charge in [-0.15, -0.1) is 11.8 Å². The fourth-order valence-corrected chi connectivity index (χ4v) is 3.24. The fraction of sp³-hybridized carbons (Fsp3) is 0.250. The van der Waals surface area contributed by atoms with Gasteiger partial charge in [-0.3, -0.25) is 0 Å². The van der Waals surface area contributed by atoms with Crippen molar-refractivity contribution in [3.63, 3.8) is 0 Å². The summed E-state index contributed by atoms with van der Waals surface area (Å²) in [6.07, 6.45) is 1.11. The third kappa shape index (κ3) is 4.68. The van der Waals surface area contributed by atoms with E-state index in [9.17, 15) is 0 Å². The third-order valence-electron chi connectivity index (χ3n) is 3.10. The maximum Gasteiger partial charge on any atom is 0.0175 e. The van der Waals surface area contributed by atoms with Gasteiger partial charge in [0.1, 0.15) is 0 Å². The van der Waals surface area contributed by atoms with Crippen molar-refractivity contribution in [1.82, 2.24) is 0 Å². The lowest BCUT2D eigenvalue weighted by atomic mass is 9.97. The Kier molecular flexibility index (Phi) is 5.95. The second kappa shape index (κ2) is 7.73. The summed E-state index contributed by atoms with van der Waals surface area (Å²) in [4.78, 5) is 1.33. The van der Waals surface area contributed by atoms with Crippen LogP contribution in [0.15, 0.2) is 64.0 Å². The topological polar surface area (TPSA) is 26.0 Å². The van der Waals surface area contributed by atoms with Gasteiger partial charge < -0.3 is 5.73 Å². The van der Waals surface area contributed by atoms with Crippen LogP contribution in [0.25, 0.3) is 0 Å². The molecule has 0 bridgehead atoms. The van der Waals surface area contributed by atoms with E-state index in [2.05, 4.69) is 70.5 Å². The first-order chi connectivity index (χ1) is 9.29. The highest BCUT2D eigenvalue weighted by molar-refractivity contribution is 9.10. The lowest BCUT2D eigenvalue weighted by molar-refractivity contribution is 0.680. The van der Waals surface area contributed by atoms with Gasteiger partial charge in [0, 0.05) is 9.37 Å². The SMILES string of the molecule is NCC(CCSc1ccccc1)c1ccc(Br)cc1. The first-order valence-corrected chi connectivity index (χ1v) is 8.21. The number of hydrogen-bond acceptors (Lipinski definition) is 2. The highest BCUT2D eigenvalue weighted by atomic mass is 79.9. The van der Waals surface area contributed by atoms with E-state index in [-0.39, 0.29) is 0 Å². The van der Waals surface area contributed by atoms with E-state index in [1.54, 1.807) is 0 Å². The summed E-state index contributed by atoms with van der Waals surface area (Å²) >= 11 is 5.36. The number of benzene rings is 2. The van der Waals surface area contributed by atoms with Crippen LogP contribution in [-0.2, 0) is 0 Å². The first kappa shape index (κ1) is 14.6. The molecule has 3 heteroatoms. The van der Waals surface area contributed by atoms with Crippen LogP contribution >= 0.6 is 27.7 Å². The molecule has 0 spiro atoms. The molecule has 2 aromatic rings. The van der Waals surface area contributed by atoms with Gasteiger partial charge in [0.2, 0.25) is 0 Å². The lowest BCUT2D eigenvalue weighted by Gasteiger charge is -2.15. The molecule has 1 unspecified atom stereocenters. The van der Waals surface area contributed by atoms with Crippen molar-refractivity contribution in [3.8, 4) is 0 Å². The zero-order valence-corrected chi connectivity index (χ0v) is 13.2. The Morgan fingerprint density at radius 2 is 1.68 bits per heavy atom. The molecule has 0 amide bonds. The Balaban J connectivity index is 1.87.